The molecule has 0 aliphatic rings. The highest BCUT2D eigenvalue weighted by Gasteiger charge is 2.25. The predicted molar refractivity (Wildman–Crippen MR) is 135 cm³/mol. The number of methoxy groups -OCH3 is 2. The molecule has 2 heterocycles. The van der Waals surface area contributed by atoms with E-state index in [2.05, 4.69) is 24.7 Å². The molecule has 11 heteroatoms. The first kappa shape index (κ1) is 24.6. The Labute approximate surface area is 208 Å². The van der Waals surface area contributed by atoms with Crippen LogP contribution in [0.5, 0.6) is 23.1 Å². The molecular weight excluding hydrogens is 482 g/mol. The number of nitrogens with zero attached hydrogens (tertiary/aromatic N) is 4. The second-order valence-corrected chi connectivity index (χ2v) is 9.19. The molecule has 0 unspecified atom stereocenters. The van der Waals surface area contributed by atoms with Crippen LogP contribution in [-0.2, 0) is 10.0 Å². The van der Waals surface area contributed by atoms with Crippen LogP contribution < -0.4 is 18.9 Å². The quantitative estimate of drug-likeness (QED) is 0.349. The molecule has 0 saturated heterocycles. The van der Waals surface area contributed by atoms with Crippen molar-refractivity contribution < 1.29 is 22.6 Å². The third-order valence-electron chi connectivity index (χ3n) is 4.90. The standard InChI is InChI=1S/C25H23N5O5S/c1-17(16-18-10-5-4-6-11-18)36(31,32)30-22-21(35-20-13-8-7-12-19(20)33-2)25(34-3)29-24(28-22)23-26-14-9-15-27-23/h4-16H,1-3H3,(H,28,29,30). The SMILES string of the molecule is COc1ccccc1Oc1c(NS(=O)(=O)C(C)=Cc2ccccc2)nc(-c2ncccn2)nc1OC. The van der Waals surface area contributed by atoms with Crippen molar-refractivity contribution >= 4 is 21.9 Å². The second kappa shape index (κ2) is 10.8. The predicted octanol–water partition coefficient (Wildman–Crippen LogP) is 4.55. The number of para-hydroxylation sites is 2. The van der Waals surface area contributed by atoms with Crippen molar-refractivity contribution in [3.05, 3.63) is 83.5 Å². The van der Waals surface area contributed by atoms with Gasteiger partial charge in [0, 0.05) is 12.4 Å². The minimum absolute atomic E-state index is 0.0271. The van der Waals surface area contributed by atoms with Gasteiger partial charge in [-0.25, -0.2) is 23.4 Å². The molecule has 4 rings (SSSR count). The Morgan fingerprint density at radius 3 is 2.17 bits per heavy atom. The summed E-state index contributed by atoms with van der Waals surface area (Å²) < 4.78 is 45.9. The van der Waals surface area contributed by atoms with E-state index in [0.29, 0.717) is 11.5 Å². The number of anilines is 1. The minimum atomic E-state index is -4.05. The Morgan fingerprint density at radius 1 is 0.833 bits per heavy atom. The number of nitrogens with one attached hydrogen (secondary N) is 1. The summed E-state index contributed by atoms with van der Waals surface area (Å²) in [7, 11) is -1.18. The lowest BCUT2D eigenvalue weighted by atomic mass is 10.2. The summed E-state index contributed by atoms with van der Waals surface area (Å²) in [5, 5.41) is 0. The van der Waals surface area contributed by atoms with Crippen molar-refractivity contribution in [2.75, 3.05) is 18.9 Å². The molecule has 2 aromatic carbocycles. The third kappa shape index (κ3) is 5.58. The molecule has 1 N–H and O–H groups in total. The lowest BCUT2D eigenvalue weighted by Crippen LogP contribution is -2.16. The van der Waals surface area contributed by atoms with Crippen LogP contribution in [0, 0.1) is 0 Å². The van der Waals surface area contributed by atoms with Gasteiger partial charge in [0.2, 0.25) is 11.6 Å². The summed E-state index contributed by atoms with van der Waals surface area (Å²) in [6.45, 7) is 1.48. The summed E-state index contributed by atoms with van der Waals surface area (Å²) >= 11 is 0. The van der Waals surface area contributed by atoms with Crippen LogP contribution in [0.25, 0.3) is 17.7 Å². The van der Waals surface area contributed by atoms with Crippen molar-refractivity contribution in [3.8, 4) is 34.8 Å². The van der Waals surface area contributed by atoms with Gasteiger partial charge in [-0.05, 0) is 36.8 Å². The summed E-state index contributed by atoms with van der Waals surface area (Å²) in [5.41, 5.74) is 0.726. The molecule has 0 spiro atoms. The summed E-state index contributed by atoms with van der Waals surface area (Å²) in [6.07, 6.45) is 4.59. The van der Waals surface area contributed by atoms with Crippen molar-refractivity contribution in [2.24, 2.45) is 0 Å². The first-order chi connectivity index (χ1) is 17.4. The lowest BCUT2D eigenvalue weighted by molar-refractivity contribution is 0.348. The fourth-order valence-electron chi connectivity index (χ4n) is 3.13. The van der Waals surface area contributed by atoms with Crippen LogP contribution in [0.4, 0.5) is 5.82 Å². The van der Waals surface area contributed by atoms with Gasteiger partial charge in [-0.3, -0.25) is 4.72 Å². The fourth-order valence-corrected chi connectivity index (χ4v) is 3.97. The van der Waals surface area contributed by atoms with Crippen LogP contribution in [0.3, 0.4) is 0 Å². The number of hydrogen-bond donors (Lipinski definition) is 1. The zero-order chi connectivity index (χ0) is 25.5. The molecular formula is C25H23N5O5S. The number of aromatic nitrogens is 4. The van der Waals surface area contributed by atoms with Gasteiger partial charge in [-0.2, -0.15) is 4.98 Å². The van der Waals surface area contributed by atoms with Crippen LogP contribution in [0.1, 0.15) is 12.5 Å². The Kier molecular flexibility index (Phi) is 7.40. The average molecular weight is 506 g/mol. The highest BCUT2D eigenvalue weighted by molar-refractivity contribution is 7.96. The van der Waals surface area contributed by atoms with Gasteiger partial charge in [0.15, 0.2) is 23.1 Å². The van der Waals surface area contributed by atoms with Gasteiger partial charge < -0.3 is 14.2 Å². The van der Waals surface area contributed by atoms with Crippen molar-refractivity contribution in [1.29, 1.82) is 0 Å². The number of allylic oxidation sites excluding steroid dienone is 1. The lowest BCUT2D eigenvalue weighted by Gasteiger charge is -2.17. The average Bonchev–Trinajstić information content (AvgIpc) is 2.90. The van der Waals surface area contributed by atoms with E-state index in [4.69, 9.17) is 14.2 Å². The topological polar surface area (TPSA) is 125 Å². The molecule has 0 bridgehead atoms. The maximum Gasteiger partial charge on any atom is 0.263 e. The van der Waals surface area contributed by atoms with Crippen molar-refractivity contribution in [3.63, 3.8) is 0 Å². The Bertz CT molecular complexity index is 1480. The van der Waals surface area contributed by atoms with Crippen LogP contribution >= 0.6 is 0 Å². The van der Waals surface area contributed by atoms with E-state index in [-0.39, 0.29) is 34.0 Å². The molecule has 4 aromatic rings. The number of sulfonamides is 1. The smallest absolute Gasteiger partial charge is 0.263 e. The zero-order valence-corrected chi connectivity index (χ0v) is 20.6. The Morgan fingerprint density at radius 2 is 1.50 bits per heavy atom. The summed E-state index contributed by atoms with van der Waals surface area (Å²) in [5.74, 6) is 0.708. The van der Waals surface area contributed by atoms with Gasteiger partial charge in [-0.1, -0.05) is 42.5 Å². The molecule has 0 aliphatic heterocycles. The van der Waals surface area contributed by atoms with E-state index in [1.165, 1.54) is 33.5 Å². The van der Waals surface area contributed by atoms with Crippen molar-refractivity contribution in [1.82, 2.24) is 19.9 Å². The molecule has 2 aromatic heterocycles. The number of hydrogen-bond acceptors (Lipinski definition) is 9. The minimum Gasteiger partial charge on any atom is -0.493 e. The zero-order valence-electron chi connectivity index (χ0n) is 19.7. The second-order valence-electron chi connectivity index (χ2n) is 7.33. The first-order valence-corrected chi connectivity index (χ1v) is 12.2. The van der Waals surface area contributed by atoms with Crippen LogP contribution in [0.15, 0.2) is 78.0 Å². The molecule has 36 heavy (non-hydrogen) atoms. The molecule has 0 atom stereocenters. The summed E-state index contributed by atoms with van der Waals surface area (Å²) in [6, 6.07) is 17.6. The maximum atomic E-state index is 13.3. The monoisotopic (exact) mass is 505 g/mol. The van der Waals surface area contributed by atoms with E-state index in [9.17, 15) is 8.42 Å². The number of rotatable bonds is 9. The van der Waals surface area contributed by atoms with E-state index in [1.54, 1.807) is 48.5 Å². The first-order valence-electron chi connectivity index (χ1n) is 10.7. The highest BCUT2D eigenvalue weighted by atomic mass is 32.2. The van der Waals surface area contributed by atoms with Crippen LogP contribution in [0.2, 0.25) is 0 Å². The molecule has 0 saturated carbocycles. The third-order valence-corrected chi connectivity index (χ3v) is 6.33. The van der Waals surface area contributed by atoms with Gasteiger partial charge in [0.25, 0.3) is 15.9 Å². The highest BCUT2D eigenvalue weighted by Crippen LogP contribution is 2.41. The van der Waals surface area contributed by atoms with Crippen LogP contribution in [-0.4, -0.2) is 42.6 Å². The van der Waals surface area contributed by atoms with Gasteiger partial charge in [-0.15, -0.1) is 0 Å². The normalized spacial score (nSPS) is 11.6. The van der Waals surface area contributed by atoms with Gasteiger partial charge in [0.05, 0.1) is 19.1 Å². The molecule has 10 nitrogen and oxygen atoms in total. The summed E-state index contributed by atoms with van der Waals surface area (Å²) in [4.78, 5) is 17.1. The number of benzene rings is 2. The van der Waals surface area contributed by atoms with Crippen molar-refractivity contribution in [2.45, 2.75) is 6.92 Å². The molecule has 0 fully saturated rings. The Balaban J connectivity index is 1.83. The van der Waals surface area contributed by atoms with Gasteiger partial charge in [0.1, 0.15) is 0 Å². The van der Waals surface area contributed by atoms with E-state index in [0.717, 1.165) is 5.56 Å². The molecule has 0 radical (unpaired) electrons. The number of ether oxygens (including phenoxy) is 3. The largest absolute Gasteiger partial charge is 0.493 e. The molecule has 0 amide bonds. The Hall–Kier alpha value is -4.51. The maximum absolute atomic E-state index is 13.3. The van der Waals surface area contributed by atoms with E-state index in [1.807, 2.05) is 18.2 Å². The van der Waals surface area contributed by atoms with Gasteiger partial charge >= 0.3 is 0 Å². The fraction of sp³-hybridized carbons (Fsp3) is 0.120. The molecule has 0 aliphatic carbocycles. The van der Waals surface area contributed by atoms with E-state index >= 15 is 0 Å². The molecule has 184 valence electrons. The van der Waals surface area contributed by atoms with E-state index < -0.39 is 10.0 Å².